The number of methoxy groups -OCH3 is 1. The van der Waals surface area contributed by atoms with Crippen LogP contribution in [-0.2, 0) is 9.53 Å². The summed E-state index contributed by atoms with van der Waals surface area (Å²) in [4.78, 5) is 11.5. The summed E-state index contributed by atoms with van der Waals surface area (Å²) in [6.07, 6.45) is 6.99. The second-order valence-electron chi connectivity index (χ2n) is 4.35. The molecule has 0 aliphatic carbocycles. The minimum atomic E-state index is -0.0825. The van der Waals surface area contributed by atoms with Gasteiger partial charge in [0.2, 0.25) is 0 Å². The van der Waals surface area contributed by atoms with Gasteiger partial charge in [0.15, 0.2) is 0 Å². The highest BCUT2D eigenvalue weighted by molar-refractivity contribution is 5.79. The number of carbonyl (C=O) groups is 1. The van der Waals surface area contributed by atoms with Gasteiger partial charge in [-0.15, -0.1) is 0 Å². The topological polar surface area (TPSA) is 26.3 Å². The summed E-state index contributed by atoms with van der Waals surface area (Å²) in [6.45, 7) is 6.20. The van der Waals surface area contributed by atoms with Crippen molar-refractivity contribution in [3.63, 3.8) is 0 Å². The summed E-state index contributed by atoms with van der Waals surface area (Å²) in [5, 5.41) is 0. The van der Waals surface area contributed by atoms with Crippen LogP contribution in [0.25, 0.3) is 0 Å². The van der Waals surface area contributed by atoms with E-state index >= 15 is 0 Å². The molecule has 14 heavy (non-hydrogen) atoms. The minimum Gasteiger partial charge on any atom is -0.505 e. The molecule has 2 nitrogen and oxygen atoms in total. The fourth-order valence-corrected chi connectivity index (χ4v) is 1.28. The lowest BCUT2D eigenvalue weighted by Crippen LogP contribution is -2.14. The molecule has 82 valence electrons. The van der Waals surface area contributed by atoms with Gasteiger partial charge in [-0.3, -0.25) is 4.79 Å². The van der Waals surface area contributed by atoms with Gasteiger partial charge in [0.1, 0.15) is 5.78 Å². The van der Waals surface area contributed by atoms with E-state index in [1.807, 2.05) is 19.9 Å². The Morgan fingerprint density at radius 2 is 2.07 bits per heavy atom. The van der Waals surface area contributed by atoms with Crippen LogP contribution in [0.5, 0.6) is 0 Å². The van der Waals surface area contributed by atoms with Gasteiger partial charge in [0.05, 0.1) is 13.4 Å². The van der Waals surface area contributed by atoms with Crippen LogP contribution in [0.1, 0.15) is 46.5 Å². The summed E-state index contributed by atoms with van der Waals surface area (Å²) < 4.78 is 4.85. The molecule has 0 radical (unpaired) electrons. The van der Waals surface area contributed by atoms with E-state index in [1.54, 1.807) is 13.4 Å². The first-order chi connectivity index (χ1) is 6.52. The second-order valence-corrected chi connectivity index (χ2v) is 4.35. The Morgan fingerprint density at radius 3 is 2.57 bits per heavy atom. The molecule has 0 fully saturated rings. The van der Waals surface area contributed by atoms with Crippen molar-refractivity contribution in [1.82, 2.24) is 0 Å². The summed E-state index contributed by atoms with van der Waals surface area (Å²) in [6, 6.07) is 0. The first-order valence-corrected chi connectivity index (χ1v) is 5.24. The lowest BCUT2D eigenvalue weighted by molar-refractivity contribution is -0.120. The molecule has 0 spiro atoms. The third kappa shape index (κ3) is 6.70. The van der Waals surface area contributed by atoms with Crippen molar-refractivity contribution in [1.29, 1.82) is 0 Å². The monoisotopic (exact) mass is 198 g/mol. The van der Waals surface area contributed by atoms with Gasteiger partial charge in [-0.05, 0) is 17.9 Å². The fourth-order valence-electron chi connectivity index (χ4n) is 1.28. The molecule has 2 heteroatoms. The van der Waals surface area contributed by atoms with Crippen molar-refractivity contribution in [3.8, 4) is 0 Å². The zero-order chi connectivity index (χ0) is 11.0. The normalized spacial score (nSPS) is 12.0. The van der Waals surface area contributed by atoms with Crippen molar-refractivity contribution in [2.45, 2.75) is 46.5 Å². The van der Waals surface area contributed by atoms with Gasteiger partial charge in [-0.2, -0.15) is 0 Å². The minimum absolute atomic E-state index is 0.0825. The number of rotatable bonds is 7. The maximum atomic E-state index is 11.5. The number of hydrogen-bond acceptors (Lipinski definition) is 2. The third-order valence-corrected chi connectivity index (χ3v) is 2.12. The Hall–Kier alpha value is -0.790. The molecule has 0 rings (SSSR count). The number of unbranched alkanes of at least 4 members (excludes halogenated alkanes) is 1. The molecular formula is C12H22O2. The van der Waals surface area contributed by atoms with E-state index in [4.69, 9.17) is 4.74 Å². The van der Waals surface area contributed by atoms with Crippen LogP contribution in [0.2, 0.25) is 0 Å². The number of carbonyl (C=O) groups excluding carboxylic acids is 1. The van der Waals surface area contributed by atoms with Crippen LogP contribution in [-0.4, -0.2) is 12.9 Å². The summed E-state index contributed by atoms with van der Waals surface area (Å²) >= 11 is 0. The lowest BCUT2D eigenvalue weighted by Gasteiger charge is -2.18. The third-order valence-electron chi connectivity index (χ3n) is 2.12. The molecule has 0 aliphatic rings. The molecule has 0 saturated carbocycles. The van der Waals surface area contributed by atoms with Crippen molar-refractivity contribution in [2.75, 3.05) is 7.11 Å². The van der Waals surface area contributed by atoms with E-state index in [9.17, 15) is 4.79 Å². The molecule has 0 N–H and O–H groups in total. The van der Waals surface area contributed by atoms with E-state index in [0.29, 0.717) is 18.6 Å². The van der Waals surface area contributed by atoms with Crippen LogP contribution >= 0.6 is 0 Å². The first-order valence-electron chi connectivity index (χ1n) is 5.24. The van der Waals surface area contributed by atoms with E-state index in [-0.39, 0.29) is 5.41 Å². The summed E-state index contributed by atoms with van der Waals surface area (Å²) in [5.41, 5.74) is -0.0825. The zero-order valence-electron chi connectivity index (χ0n) is 9.80. The van der Waals surface area contributed by atoms with Crippen molar-refractivity contribution in [3.05, 3.63) is 12.3 Å². The van der Waals surface area contributed by atoms with Gasteiger partial charge in [0, 0.05) is 12.8 Å². The van der Waals surface area contributed by atoms with Gasteiger partial charge in [0.25, 0.3) is 0 Å². The van der Waals surface area contributed by atoms with E-state index in [1.165, 1.54) is 0 Å². The summed E-state index contributed by atoms with van der Waals surface area (Å²) in [7, 11) is 1.62. The van der Waals surface area contributed by atoms with Gasteiger partial charge < -0.3 is 4.74 Å². The highest BCUT2D eigenvalue weighted by atomic mass is 16.5. The fraction of sp³-hybridized carbons (Fsp3) is 0.750. The first kappa shape index (κ1) is 13.2. The maximum Gasteiger partial charge on any atom is 0.133 e. The average molecular weight is 198 g/mol. The highest BCUT2D eigenvalue weighted by Crippen LogP contribution is 2.23. The quantitative estimate of drug-likeness (QED) is 0.586. The molecule has 0 aromatic carbocycles. The van der Waals surface area contributed by atoms with Crippen molar-refractivity contribution < 1.29 is 9.53 Å². The molecule has 0 atom stereocenters. The molecule has 0 unspecified atom stereocenters. The molecule has 0 heterocycles. The van der Waals surface area contributed by atoms with Crippen molar-refractivity contribution in [2.24, 2.45) is 5.41 Å². The molecule has 0 aromatic rings. The van der Waals surface area contributed by atoms with E-state index in [0.717, 1.165) is 12.8 Å². The van der Waals surface area contributed by atoms with Crippen LogP contribution in [0.3, 0.4) is 0 Å². The van der Waals surface area contributed by atoms with Gasteiger partial charge in [-0.25, -0.2) is 0 Å². The Balaban J connectivity index is 3.95. The Kier molecular flexibility index (Phi) is 6.26. The molecule has 0 aliphatic heterocycles. The van der Waals surface area contributed by atoms with Crippen LogP contribution in [0.4, 0.5) is 0 Å². The van der Waals surface area contributed by atoms with Crippen molar-refractivity contribution >= 4 is 5.78 Å². The van der Waals surface area contributed by atoms with Gasteiger partial charge >= 0.3 is 0 Å². The standard InChI is InChI=1S/C12H22O2/c1-5-6-7-11(13)10-12(2,3)8-9-14-4/h8-9H,5-7,10H2,1-4H3/b9-8+. The van der Waals surface area contributed by atoms with Crippen LogP contribution < -0.4 is 0 Å². The lowest BCUT2D eigenvalue weighted by atomic mass is 9.86. The molecule has 0 amide bonds. The molecule has 0 saturated heterocycles. The Labute approximate surface area is 87.3 Å². The largest absolute Gasteiger partial charge is 0.505 e. The number of ether oxygens (including phenoxy) is 1. The predicted molar refractivity (Wildman–Crippen MR) is 59.1 cm³/mol. The zero-order valence-corrected chi connectivity index (χ0v) is 9.80. The van der Waals surface area contributed by atoms with E-state index in [2.05, 4.69) is 6.92 Å². The molecule has 0 aromatic heterocycles. The van der Waals surface area contributed by atoms with Crippen LogP contribution in [0, 0.1) is 5.41 Å². The average Bonchev–Trinajstić information content (AvgIpc) is 2.11. The number of hydrogen-bond donors (Lipinski definition) is 0. The van der Waals surface area contributed by atoms with E-state index < -0.39 is 0 Å². The number of ketones is 1. The molecule has 0 bridgehead atoms. The van der Waals surface area contributed by atoms with Gasteiger partial charge in [-0.1, -0.05) is 27.2 Å². The summed E-state index contributed by atoms with van der Waals surface area (Å²) in [5.74, 6) is 0.345. The highest BCUT2D eigenvalue weighted by Gasteiger charge is 2.18. The molecular weight excluding hydrogens is 176 g/mol. The number of Topliss-reactive ketones (excluding diaryl/α,β-unsaturated/α-hetero) is 1. The second kappa shape index (κ2) is 6.63. The SMILES string of the molecule is CCCCC(=O)CC(C)(C)/C=C/OC. The van der Waals surface area contributed by atoms with Crippen LogP contribution in [0.15, 0.2) is 12.3 Å². The maximum absolute atomic E-state index is 11.5. The predicted octanol–water partition coefficient (Wildman–Crippen LogP) is 3.32. The number of allylic oxidation sites excluding steroid dienone is 1. The Morgan fingerprint density at radius 1 is 1.43 bits per heavy atom. The smallest absolute Gasteiger partial charge is 0.133 e. The Bertz CT molecular complexity index is 192.